The molecule has 0 bridgehead atoms. The van der Waals surface area contributed by atoms with E-state index >= 15 is 0 Å². The molecule has 14 aliphatic rings. The molecule has 6 aliphatic carbocycles. The SMILES string of the molecule is CC(C)C.CC1CC(F)C1.CC1CC(F)C1.CC1CCCC1.CC1CCCCC1.CCC.CCC(C)C.CCC(O)CO.CCCC.CCCC(O)CO.CCCCC.CCCN(C)C.CCN(C)C.CN(C)C.CN1CC(F)C1.CN1CC(F)C1.CN1CC(O)C(F)C1.CN1CCC(F)C1.CN1CCCC1.CN1CCCCC1.CN1CC[C@@H](F)C1.CN1C[C@H](O)[C@@H](F)C1.C[C@@H]1CCC(F)C1.C[C@@H]1CC[C@@H](F)C1. The highest BCUT2D eigenvalue weighted by Crippen LogP contribution is 2.31. The van der Waals surface area contributed by atoms with Crippen molar-refractivity contribution in [2.24, 2.45) is 47.3 Å². The van der Waals surface area contributed by atoms with E-state index in [9.17, 15) is 43.9 Å². The van der Waals surface area contributed by atoms with E-state index in [-0.39, 0.29) is 13.2 Å². The van der Waals surface area contributed by atoms with Crippen LogP contribution >= 0.6 is 0 Å². The van der Waals surface area contributed by atoms with Crippen LogP contribution in [0.25, 0.3) is 0 Å². The van der Waals surface area contributed by atoms with Gasteiger partial charge in [0.2, 0.25) is 0 Å². The molecule has 6 N–H and O–H groups in total. The lowest BCUT2D eigenvalue weighted by Crippen LogP contribution is -2.45. The maximum atomic E-state index is 12.3. The fourth-order valence-corrected chi connectivity index (χ4v) is 14.5. The molecule has 27 heteroatoms. The van der Waals surface area contributed by atoms with E-state index in [0.29, 0.717) is 102 Å². The van der Waals surface area contributed by atoms with Crippen molar-refractivity contribution in [1.29, 1.82) is 0 Å². The summed E-state index contributed by atoms with van der Waals surface area (Å²) in [5.74, 6) is 6.43. The van der Waals surface area contributed by atoms with Gasteiger partial charge in [0.25, 0.3) is 0 Å². The molecule has 0 radical (unpaired) electrons. The predicted octanol–water partition coefficient (Wildman–Crippen LogP) is 26.2. The van der Waals surface area contributed by atoms with E-state index in [1.807, 2.05) is 87.7 Å². The minimum atomic E-state index is -1.03. The van der Waals surface area contributed by atoms with Crippen LogP contribution in [0, 0.1) is 47.3 Å². The molecule has 8 saturated heterocycles. The fraction of sp³-hybridized carbons (Fsp3) is 1.00. The van der Waals surface area contributed by atoms with Crippen LogP contribution < -0.4 is 0 Å². The second-order valence-electron chi connectivity index (χ2n) is 45.4. The lowest BCUT2D eigenvalue weighted by atomic mass is 9.85. The fourth-order valence-electron chi connectivity index (χ4n) is 14.5. The molecule has 6 unspecified atom stereocenters. The molecule has 14 rings (SSSR count). The first-order valence-electron chi connectivity index (χ1n) is 57.6. The minimum Gasteiger partial charge on any atom is -0.394 e. The zero-order valence-corrected chi connectivity index (χ0v) is 101. The van der Waals surface area contributed by atoms with Gasteiger partial charge in [-0.25, -0.2) is 43.9 Å². The summed E-state index contributed by atoms with van der Waals surface area (Å²) in [5.41, 5.74) is 0. The zero-order valence-electron chi connectivity index (χ0n) is 101. The Labute approximate surface area is 884 Å². The average Bonchev–Trinajstić information content (AvgIpc) is 1.83. The summed E-state index contributed by atoms with van der Waals surface area (Å²) in [6.07, 6.45) is 34.8. The summed E-state index contributed by atoms with van der Waals surface area (Å²) in [6.45, 7) is 62.2. The van der Waals surface area contributed by atoms with Gasteiger partial charge in [-0.05, 0) is 314 Å². The number of β-amino-alcohol motifs (C(OH)–C–C–N with tert-alkyl or cyclic N) is 2. The third-order valence-corrected chi connectivity index (χ3v) is 24.7. The lowest BCUT2D eigenvalue weighted by molar-refractivity contribution is 0.0877. The number of rotatable bonds is 12. The first-order valence-corrected chi connectivity index (χ1v) is 57.6. The van der Waals surface area contributed by atoms with E-state index in [4.69, 9.17) is 30.6 Å². The standard InChI is InChI=1S/C7H14.2C6H11F.C6H13N.C6H12.2C5H10FNO.2C5H10FN.2C5H9F.C5H11N.C5H13N.C5H12O2.2C5H12.2C4H8FN.C4H11N.C4H10O2.2C4H10.C3H9N.C3H8/c1-7-5-3-2-4-6-7;2*1-5-2-3-6(7)4-5;1-7-5-3-2-4-6-7;1-6-4-2-3-5-6;2*1-7-2-4(6)5(8)3-7;2*1-7-3-2-5(6)4-7;2*1-4-2-5(6)3-4;1-6-4-2-3-5-6;1-4-5-6(2)3;1-2-3-5(7)4-6;1-4-5(2)3;1-3-5-4-2;2*1-6-2-4(5)3-6;1-4-5(2)3;1-2-4(6)3-5;1-4(2)3;1-3-4-2;1-4(2)3;1-3-2/h7H,2-6H2,1H3;2*5-6H,2-4H2,1H3;2-6H2,1H3;6H,2-5H2,1H3;2*4-5,8H,2-3H2,1H3;2*5H,2-4H2,1H3;2*4-5H,2-3H2,1H3;2-5H2,1H3;4-5H2,1-3H3;5-7H,2-4H2,1H3;5H,4H2,1-3H3;3-5H2,1-2H3;2*4H,2-3H2,1H3;4H2,1-3H3;4-6H,2-3H2,1H3;4H,1-3H3;3-4H2,1-2H3;1-3H3;3H2,1-2H3/t;5-,6?;5-,6-;;;4-,5-;;5-;;;;;;;;;;;;;;;;/m.11..0.1................/s1. The predicted molar refractivity (Wildman–Crippen MR) is 607 cm³/mol. The first-order chi connectivity index (χ1) is 66.9. The number of nitrogens with zero attached hydrogens (tertiary/aromatic N) is 11. The first kappa shape index (κ1) is 162. The molecule has 0 aromatic rings. The summed E-state index contributed by atoms with van der Waals surface area (Å²) >= 11 is 0. The van der Waals surface area contributed by atoms with E-state index in [1.165, 1.54) is 174 Å². The second-order valence-corrected chi connectivity index (χ2v) is 45.4. The van der Waals surface area contributed by atoms with Crippen LogP contribution in [0.1, 0.15) is 390 Å². The van der Waals surface area contributed by atoms with Crippen molar-refractivity contribution in [2.75, 3.05) is 237 Å². The number of unbranched alkanes of at least 4 members (excludes halogenated alkanes) is 3. The largest absolute Gasteiger partial charge is 0.394 e. The number of likely N-dealkylation sites (N-methyl/N-ethyl adjacent to an activating group) is 2. The molecular weight excluding hydrogens is 1830 g/mol. The Morgan fingerprint density at radius 1 is 0.287 bits per heavy atom. The molecule has 0 spiro atoms. The molecule has 0 aromatic heterocycles. The lowest BCUT2D eigenvalue weighted by Gasteiger charge is -2.29. The Hall–Kier alpha value is -1.38. The molecular formula is C116H253F10N11O6. The summed E-state index contributed by atoms with van der Waals surface area (Å²) in [5, 5.41) is 50.8. The van der Waals surface area contributed by atoms with Crippen LogP contribution in [0.4, 0.5) is 43.9 Å². The van der Waals surface area contributed by atoms with Crippen molar-refractivity contribution in [2.45, 2.75) is 476 Å². The topological polar surface area (TPSA) is 157 Å². The summed E-state index contributed by atoms with van der Waals surface area (Å²) in [4.78, 5) is 22.5. The average molecular weight is 2090 g/mol. The Morgan fingerprint density at radius 3 is 0.615 bits per heavy atom. The van der Waals surface area contributed by atoms with Gasteiger partial charge in [0, 0.05) is 78.5 Å². The number of hydrogen-bond donors (Lipinski definition) is 6. The van der Waals surface area contributed by atoms with Crippen molar-refractivity contribution in [3.8, 4) is 0 Å². The van der Waals surface area contributed by atoms with Gasteiger partial charge in [0.1, 0.15) is 61.7 Å². The monoisotopic (exact) mass is 2090 g/mol. The van der Waals surface area contributed by atoms with E-state index in [2.05, 4.69) is 200 Å². The van der Waals surface area contributed by atoms with Gasteiger partial charge in [-0.15, -0.1) is 0 Å². The van der Waals surface area contributed by atoms with Crippen molar-refractivity contribution in [3.05, 3.63) is 0 Å². The highest BCUT2D eigenvalue weighted by atomic mass is 19.2. The van der Waals surface area contributed by atoms with E-state index < -0.39 is 86.1 Å². The van der Waals surface area contributed by atoms with Crippen LogP contribution in [-0.2, 0) is 0 Å². The van der Waals surface area contributed by atoms with Gasteiger partial charge in [0.15, 0.2) is 0 Å². The molecule has 17 nitrogen and oxygen atoms in total. The Bertz CT molecular complexity index is 2040. The summed E-state index contributed by atoms with van der Waals surface area (Å²) in [6, 6.07) is 0. The Kier molecular flexibility index (Phi) is 130. The van der Waals surface area contributed by atoms with Crippen molar-refractivity contribution in [1.82, 2.24) is 53.9 Å². The van der Waals surface area contributed by atoms with Gasteiger partial charge in [-0.2, -0.15) is 0 Å². The summed E-state index contributed by atoms with van der Waals surface area (Å²) < 4.78 is 120. The third kappa shape index (κ3) is 139. The number of piperidine rings is 1. The van der Waals surface area contributed by atoms with E-state index in [1.54, 1.807) is 23.9 Å². The number of hydrogen-bond acceptors (Lipinski definition) is 17. The van der Waals surface area contributed by atoms with Crippen molar-refractivity contribution >= 4 is 0 Å². The van der Waals surface area contributed by atoms with Gasteiger partial charge in [-0.1, -0.05) is 268 Å². The smallest absolute Gasteiger partial charge is 0.140 e. The maximum absolute atomic E-state index is 12.3. The molecule has 143 heavy (non-hydrogen) atoms. The van der Waals surface area contributed by atoms with Gasteiger partial charge in [-0.3, -0.25) is 0 Å². The van der Waals surface area contributed by atoms with Gasteiger partial charge < -0.3 is 84.5 Å². The highest BCUT2D eigenvalue weighted by molar-refractivity contribution is 4.83. The number of likely N-dealkylation sites (tertiary alicyclic amines) is 8. The Balaban J connectivity index is -0.000000162. The van der Waals surface area contributed by atoms with Crippen molar-refractivity contribution < 1.29 is 74.5 Å². The maximum Gasteiger partial charge on any atom is 0.140 e. The molecule has 0 aromatic carbocycles. The Morgan fingerprint density at radius 2 is 0.559 bits per heavy atom. The van der Waals surface area contributed by atoms with Crippen LogP contribution in [0.2, 0.25) is 0 Å². The molecule has 12 atom stereocenters. The zero-order chi connectivity index (χ0) is 112. The molecule has 878 valence electrons. The molecule has 14 fully saturated rings. The number of alkyl halides is 10. The van der Waals surface area contributed by atoms with Crippen LogP contribution in [0.5, 0.6) is 0 Å². The third-order valence-electron chi connectivity index (χ3n) is 24.7. The number of aliphatic hydroxyl groups excluding tert-OH is 6. The molecule has 8 heterocycles. The quantitative estimate of drug-likeness (QED) is 0.103. The van der Waals surface area contributed by atoms with Crippen LogP contribution in [0.15, 0.2) is 0 Å². The van der Waals surface area contributed by atoms with Crippen LogP contribution in [-0.4, -0.2) is 407 Å². The molecule has 6 saturated carbocycles. The van der Waals surface area contributed by atoms with Crippen molar-refractivity contribution in [3.63, 3.8) is 0 Å². The minimum absolute atomic E-state index is 0.103. The van der Waals surface area contributed by atoms with Gasteiger partial charge >= 0.3 is 0 Å². The normalized spacial score (nSPS) is 26.2. The highest BCUT2D eigenvalue weighted by Gasteiger charge is 2.31. The number of halogens is 10. The summed E-state index contributed by atoms with van der Waals surface area (Å²) in [7, 11) is 30.0. The van der Waals surface area contributed by atoms with Gasteiger partial charge in [0.05, 0.1) is 37.6 Å². The molecule has 0 amide bonds. The van der Waals surface area contributed by atoms with Crippen LogP contribution in [0.3, 0.4) is 0 Å². The molecule has 8 aliphatic heterocycles. The number of aliphatic hydroxyl groups is 6. The van der Waals surface area contributed by atoms with E-state index in [0.717, 1.165) is 127 Å². The second kappa shape index (κ2) is 115.